The number of likely N-dealkylation sites (tertiary alicyclic amines) is 1. The molecule has 0 radical (unpaired) electrons. The minimum absolute atomic E-state index is 0.0159. The number of nitrogens with one attached hydrogen (secondary N) is 1. The molecule has 0 saturated carbocycles. The number of rotatable bonds is 5. The van der Waals surface area contributed by atoms with Crippen LogP contribution in [0.4, 0.5) is 0 Å². The minimum Gasteiger partial charge on any atom is -0.481 e. The summed E-state index contributed by atoms with van der Waals surface area (Å²) >= 11 is 0. The number of likely N-dealkylation sites (N-methyl/N-ethyl adjacent to an activating group) is 1. The molecule has 0 aromatic carbocycles. The second kappa shape index (κ2) is 8.01. The molecule has 0 bridgehead atoms. The number of H-pyrrole nitrogens is 1. The lowest BCUT2D eigenvalue weighted by Gasteiger charge is -2.46. The van der Waals surface area contributed by atoms with Crippen LogP contribution in [0.3, 0.4) is 0 Å². The van der Waals surface area contributed by atoms with Crippen molar-refractivity contribution in [2.45, 2.75) is 25.3 Å². The second-order valence-corrected chi connectivity index (χ2v) is 7.22. The molecule has 2 N–H and O–H groups in total. The van der Waals surface area contributed by atoms with Gasteiger partial charge in [0.1, 0.15) is 5.69 Å². The van der Waals surface area contributed by atoms with Crippen LogP contribution in [0, 0.1) is 5.92 Å². The molecule has 7 nitrogen and oxygen atoms in total. The topological polar surface area (TPSA) is 79.9 Å². The lowest BCUT2D eigenvalue weighted by molar-refractivity contribution is -0.137. The first kappa shape index (κ1) is 17.9. The summed E-state index contributed by atoms with van der Waals surface area (Å²) in [5.74, 6) is -0.528. The van der Waals surface area contributed by atoms with E-state index in [0.717, 1.165) is 39.1 Å². The fraction of sp³-hybridized carbons (Fsp3) is 0.667. The third kappa shape index (κ3) is 4.41. The van der Waals surface area contributed by atoms with Crippen molar-refractivity contribution in [3.8, 4) is 0 Å². The summed E-state index contributed by atoms with van der Waals surface area (Å²) in [4.78, 5) is 33.4. The third-order valence-electron chi connectivity index (χ3n) is 5.55. The molecule has 0 spiro atoms. The number of carboxylic acid groups (broad SMARTS) is 1. The van der Waals surface area contributed by atoms with E-state index in [0.29, 0.717) is 24.7 Å². The van der Waals surface area contributed by atoms with Crippen molar-refractivity contribution in [1.29, 1.82) is 0 Å². The highest BCUT2D eigenvalue weighted by Crippen LogP contribution is 2.28. The van der Waals surface area contributed by atoms with E-state index in [1.807, 2.05) is 11.0 Å². The predicted octanol–water partition coefficient (Wildman–Crippen LogP) is 0.958. The van der Waals surface area contributed by atoms with Gasteiger partial charge in [-0.1, -0.05) is 0 Å². The van der Waals surface area contributed by atoms with Gasteiger partial charge in [-0.25, -0.2) is 0 Å². The summed E-state index contributed by atoms with van der Waals surface area (Å²) in [7, 11) is 2.14. The van der Waals surface area contributed by atoms with Gasteiger partial charge in [0, 0.05) is 57.9 Å². The first-order valence-corrected chi connectivity index (χ1v) is 9.11. The van der Waals surface area contributed by atoms with E-state index in [1.54, 1.807) is 12.3 Å². The van der Waals surface area contributed by atoms with Crippen molar-refractivity contribution in [2.75, 3.05) is 46.3 Å². The molecule has 2 fully saturated rings. The smallest absolute Gasteiger partial charge is 0.303 e. The predicted molar refractivity (Wildman–Crippen MR) is 94.5 cm³/mol. The normalized spacial score (nSPS) is 25.9. The van der Waals surface area contributed by atoms with Gasteiger partial charge in [-0.2, -0.15) is 0 Å². The largest absolute Gasteiger partial charge is 0.481 e. The zero-order chi connectivity index (χ0) is 17.8. The molecule has 7 heteroatoms. The number of piperazine rings is 1. The fourth-order valence-electron chi connectivity index (χ4n) is 4.06. The Labute approximate surface area is 148 Å². The molecule has 2 saturated heterocycles. The number of aliphatic carboxylic acids is 1. The van der Waals surface area contributed by atoms with E-state index in [-0.39, 0.29) is 18.2 Å². The zero-order valence-corrected chi connectivity index (χ0v) is 14.9. The Hall–Kier alpha value is -1.86. The standard InChI is InChI=1S/C18H28N4O3/c1-20-9-11-21(12-10-20)16-6-8-22(13-14(16)4-5-17(23)24)18(25)15-3-2-7-19-15/h2-3,7,14,16,19H,4-6,8-13H2,1H3,(H,23,24)/t14-,16+/m1/s1. The number of hydrogen-bond donors (Lipinski definition) is 2. The first-order valence-electron chi connectivity index (χ1n) is 9.11. The van der Waals surface area contributed by atoms with E-state index in [2.05, 4.69) is 21.8 Å². The van der Waals surface area contributed by atoms with Crippen LogP contribution in [0.1, 0.15) is 29.8 Å². The number of carbonyl (C=O) groups is 2. The van der Waals surface area contributed by atoms with E-state index in [4.69, 9.17) is 5.11 Å². The zero-order valence-electron chi connectivity index (χ0n) is 14.9. The molecular weight excluding hydrogens is 320 g/mol. The molecule has 0 aliphatic carbocycles. The van der Waals surface area contributed by atoms with Gasteiger partial charge < -0.3 is 19.9 Å². The summed E-state index contributed by atoms with van der Waals surface area (Å²) in [6, 6.07) is 3.99. The van der Waals surface area contributed by atoms with Gasteiger partial charge in [0.2, 0.25) is 0 Å². The Balaban J connectivity index is 1.67. The number of carbonyl (C=O) groups excluding carboxylic acids is 1. The molecule has 3 heterocycles. The van der Waals surface area contributed by atoms with Crippen LogP contribution in [0.15, 0.2) is 18.3 Å². The van der Waals surface area contributed by atoms with Gasteiger partial charge in [0.15, 0.2) is 0 Å². The number of aromatic nitrogens is 1. The van der Waals surface area contributed by atoms with Crippen molar-refractivity contribution >= 4 is 11.9 Å². The maximum absolute atomic E-state index is 12.6. The molecule has 1 aromatic rings. The maximum Gasteiger partial charge on any atom is 0.303 e. The lowest BCUT2D eigenvalue weighted by atomic mass is 9.86. The molecule has 138 valence electrons. The van der Waals surface area contributed by atoms with Crippen LogP contribution in [-0.4, -0.2) is 89.0 Å². The van der Waals surface area contributed by atoms with Crippen molar-refractivity contribution < 1.29 is 14.7 Å². The lowest BCUT2D eigenvalue weighted by Crippen LogP contribution is -2.57. The molecule has 1 amide bonds. The van der Waals surface area contributed by atoms with E-state index in [1.165, 1.54) is 0 Å². The third-order valence-corrected chi connectivity index (χ3v) is 5.55. The van der Waals surface area contributed by atoms with Crippen LogP contribution in [0.2, 0.25) is 0 Å². The molecule has 2 aliphatic rings. The molecule has 2 aliphatic heterocycles. The molecule has 3 rings (SSSR count). The van der Waals surface area contributed by atoms with Gasteiger partial charge >= 0.3 is 5.97 Å². The summed E-state index contributed by atoms with van der Waals surface area (Å²) in [5.41, 5.74) is 0.607. The van der Waals surface area contributed by atoms with E-state index >= 15 is 0 Å². The number of hydrogen-bond acceptors (Lipinski definition) is 4. The number of piperidine rings is 1. The molecule has 0 unspecified atom stereocenters. The van der Waals surface area contributed by atoms with Crippen LogP contribution < -0.4 is 0 Å². The maximum atomic E-state index is 12.6. The SMILES string of the molecule is CN1CCN([C@H]2CCN(C(=O)c3ccc[nH]3)C[C@H]2CCC(=O)O)CC1. The van der Waals surface area contributed by atoms with Crippen LogP contribution in [0.5, 0.6) is 0 Å². The number of carboxylic acids is 1. The van der Waals surface area contributed by atoms with E-state index in [9.17, 15) is 9.59 Å². The Bertz CT molecular complexity index is 581. The van der Waals surface area contributed by atoms with Gasteiger partial charge in [-0.15, -0.1) is 0 Å². The number of amides is 1. The highest BCUT2D eigenvalue weighted by Gasteiger charge is 2.36. The summed E-state index contributed by atoms with van der Waals surface area (Å²) in [6.07, 6.45) is 3.47. The Kier molecular flexibility index (Phi) is 5.75. The van der Waals surface area contributed by atoms with E-state index < -0.39 is 5.97 Å². The van der Waals surface area contributed by atoms with Crippen molar-refractivity contribution in [2.24, 2.45) is 5.92 Å². The summed E-state index contributed by atoms with van der Waals surface area (Å²) in [6.45, 7) is 5.52. The van der Waals surface area contributed by atoms with Crippen LogP contribution in [0.25, 0.3) is 0 Å². The summed E-state index contributed by atoms with van der Waals surface area (Å²) in [5, 5.41) is 9.09. The van der Waals surface area contributed by atoms with Crippen LogP contribution in [-0.2, 0) is 4.79 Å². The van der Waals surface area contributed by atoms with Gasteiger partial charge in [-0.3, -0.25) is 14.5 Å². The van der Waals surface area contributed by atoms with Crippen molar-refractivity contribution in [1.82, 2.24) is 19.7 Å². The monoisotopic (exact) mass is 348 g/mol. The Morgan fingerprint density at radius 3 is 2.64 bits per heavy atom. The number of nitrogens with zero attached hydrogens (tertiary/aromatic N) is 3. The van der Waals surface area contributed by atoms with Crippen molar-refractivity contribution in [3.05, 3.63) is 24.0 Å². The molecule has 1 aromatic heterocycles. The molecule has 2 atom stereocenters. The Morgan fingerprint density at radius 1 is 1.24 bits per heavy atom. The average molecular weight is 348 g/mol. The van der Waals surface area contributed by atoms with Gasteiger partial charge in [0.25, 0.3) is 5.91 Å². The highest BCUT2D eigenvalue weighted by molar-refractivity contribution is 5.92. The molecular formula is C18H28N4O3. The Morgan fingerprint density at radius 2 is 2.00 bits per heavy atom. The number of aromatic amines is 1. The second-order valence-electron chi connectivity index (χ2n) is 7.22. The van der Waals surface area contributed by atoms with Crippen molar-refractivity contribution in [3.63, 3.8) is 0 Å². The van der Waals surface area contributed by atoms with Gasteiger partial charge in [0.05, 0.1) is 0 Å². The molecule has 25 heavy (non-hydrogen) atoms. The quantitative estimate of drug-likeness (QED) is 0.828. The summed E-state index contributed by atoms with van der Waals surface area (Å²) < 4.78 is 0. The fourth-order valence-corrected chi connectivity index (χ4v) is 4.06. The van der Waals surface area contributed by atoms with Crippen LogP contribution >= 0.6 is 0 Å². The average Bonchev–Trinajstić information content (AvgIpc) is 3.14. The van der Waals surface area contributed by atoms with Gasteiger partial charge in [-0.05, 0) is 37.9 Å². The highest BCUT2D eigenvalue weighted by atomic mass is 16.4. The first-order chi connectivity index (χ1) is 12.0. The minimum atomic E-state index is -0.759.